The lowest BCUT2D eigenvalue weighted by molar-refractivity contribution is -0.117. The maximum absolute atomic E-state index is 11.2. The first-order valence-corrected chi connectivity index (χ1v) is 11.1. The molecule has 3 nitrogen and oxygen atoms in total. The van der Waals surface area contributed by atoms with Crippen LogP contribution in [0, 0.1) is 0 Å². The number of rotatable bonds is 7. The summed E-state index contributed by atoms with van der Waals surface area (Å²) in [6.07, 6.45) is 2.85. The predicted octanol–water partition coefficient (Wildman–Crippen LogP) is 6.36. The minimum atomic E-state index is -0.631. The molecule has 0 amide bonds. The number of halogens is 1. The van der Waals surface area contributed by atoms with Gasteiger partial charge in [-0.1, -0.05) is 54.6 Å². The van der Waals surface area contributed by atoms with E-state index < -0.39 is 11.3 Å². The van der Waals surface area contributed by atoms with E-state index in [0.29, 0.717) is 23.8 Å². The Morgan fingerprint density at radius 1 is 1.00 bits per heavy atom. The second kappa shape index (κ2) is 9.20. The van der Waals surface area contributed by atoms with E-state index in [0.717, 1.165) is 6.42 Å². The zero-order valence-corrected chi connectivity index (χ0v) is 18.2. The predicted molar refractivity (Wildman–Crippen MR) is 123 cm³/mol. The van der Waals surface area contributed by atoms with Crippen molar-refractivity contribution in [3.8, 4) is 5.75 Å². The number of carbonyl (C=O) groups is 1. The maximum Gasteiger partial charge on any atom is 0.262 e. The van der Waals surface area contributed by atoms with Gasteiger partial charge < -0.3 is 10.1 Å². The fraction of sp³-hybridized carbons (Fsp3) is 0.346. The highest BCUT2D eigenvalue weighted by Crippen LogP contribution is 2.36. The molecule has 156 valence electrons. The lowest BCUT2D eigenvalue weighted by atomic mass is 9.96. The van der Waals surface area contributed by atoms with Gasteiger partial charge in [-0.25, -0.2) is 0 Å². The monoisotopic (exact) mass is 421 g/mol. The lowest BCUT2D eigenvalue weighted by Crippen LogP contribution is -2.29. The summed E-state index contributed by atoms with van der Waals surface area (Å²) in [7, 11) is 0. The van der Waals surface area contributed by atoms with Gasteiger partial charge in [-0.05, 0) is 84.7 Å². The van der Waals surface area contributed by atoms with Gasteiger partial charge in [-0.15, -0.1) is 0 Å². The Hall–Kier alpha value is -2.36. The molecule has 4 heteroatoms. The third kappa shape index (κ3) is 4.69. The molecule has 0 aliphatic heterocycles. The van der Waals surface area contributed by atoms with E-state index in [1.165, 1.54) is 34.7 Å². The summed E-state index contributed by atoms with van der Waals surface area (Å²) in [5.41, 5.74) is 2.69. The van der Waals surface area contributed by atoms with Crippen molar-refractivity contribution in [2.75, 3.05) is 0 Å². The van der Waals surface area contributed by atoms with Crippen LogP contribution in [0.15, 0.2) is 66.7 Å². The van der Waals surface area contributed by atoms with Gasteiger partial charge in [-0.3, -0.25) is 4.79 Å². The van der Waals surface area contributed by atoms with Crippen molar-refractivity contribution in [1.29, 1.82) is 0 Å². The summed E-state index contributed by atoms with van der Waals surface area (Å²) in [4.78, 5) is 11.2. The van der Waals surface area contributed by atoms with Gasteiger partial charge in [0.05, 0.1) is 0 Å². The lowest BCUT2D eigenvalue weighted by Gasteiger charge is -2.21. The van der Waals surface area contributed by atoms with Gasteiger partial charge in [0.25, 0.3) is 5.24 Å². The molecule has 0 spiro atoms. The molecule has 3 aromatic carbocycles. The number of ether oxygens (including phenoxy) is 1. The van der Waals surface area contributed by atoms with Crippen LogP contribution in [-0.4, -0.2) is 17.4 Å². The third-order valence-electron chi connectivity index (χ3n) is 6.19. The topological polar surface area (TPSA) is 38.3 Å². The Morgan fingerprint density at radius 3 is 2.50 bits per heavy atom. The van der Waals surface area contributed by atoms with E-state index in [4.69, 9.17) is 16.3 Å². The van der Waals surface area contributed by atoms with Gasteiger partial charge in [0.15, 0.2) is 6.10 Å². The quantitative estimate of drug-likeness (QED) is 0.451. The molecule has 1 fully saturated rings. The second-order valence-corrected chi connectivity index (χ2v) is 8.67. The van der Waals surface area contributed by atoms with Gasteiger partial charge in [-0.2, -0.15) is 0 Å². The summed E-state index contributed by atoms with van der Waals surface area (Å²) in [6.45, 7) is 3.92. The van der Waals surface area contributed by atoms with Crippen LogP contribution in [0.4, 0.5) is 0 Å². The second-order valence-electron chi connectivity index (χ2n) is 8.30. The van der Waals surface area contributed by atoms with E-state index in [9.17, 15) is 4.79 Å². The van der Waals surface area contributed by atoms with Crippen LogP contribution in [0.25, 0.3) is 10.8 Å². The minimum absolute atomic E-state index is 0.310. The molecule has 4 rings (SSSR count). The van der Waals surface area contributed by atoms with Crippen LogP contribution in [0.2, 0.25) is 0 Å². The van der Waals surface area contributed by atoms with Crippen molar-refractivity contribution >= 4 is 27.6 Å². The van der Waals surface area contributed by atoms with E-state index in [-0.39, 0.29) is 0 Å². The first kappa shape index (κ1) is 20.9. The van der Waals surface area contributed by atoms with Crippen molar-refractivity contribution in [2.45, 2.75) is 57.2 Å². The van der Waals surface area contributed by atoms with Crippen LogP contribution in [0.1, 0.15) is 56.2 Å². The first-order valence-electron chi connectivity index (χ1n) is 10.7. The maximum atomic E-state index is 11.2. The van der Waals surface area contributed by atoms with Gasteiger partial charge in [0.1, 0.15) is 5.75 Å². The molecule has 1 aliphatic carbocycles. The van der Waals surface area contributed by atoms with E-state index in [1.807, 2.05) is 12.1 Å². The smallest absolute Gasteiger partial charge is 0.262 e. The van der Waals surface area contributed by atoms with E-state index >= 15 is 0 Å². The number of hydrogen-bond acceptors (Lipinski definition) is 3. The average molecular weight is 422 g/mol. The van der Waals surface area contributed by atoms with Crippen LogP contribution >= 0.6 is 11.6 Å². The molecular weight excluding hydrogens is 394 g/mol. The Labute approximate surface area is 183 Å². The Balaban J connectivity index is 1.38. The van der Waals surface area contributed by atoms with E-state index in [2.05, 4.69) is 66.8 Å². The molecule has 30 heavy (non-hydrogen) atoms. The van der Waals surface area contributed by atoms with Crippen LogP contribution in [0.5, 0.6) is 5.75 Å². The molecule has 1 saturated carbocycles. The Morgan fingerprint density at radius 2 is 1.73 bits per heavy atom. The Bertz CT molecular complexity index is 1010. The summed E-state index contributed by atoms with van der Waals surface area (Å²) in [5, 5.41) is 6.00. The number of fused-ring (bicyclic) bond motifs is 1. The third-order valence-corrected chi connectivity index (χ3v) is 6.50. The summed E-state index contributed by atoms with van der Waals surface area (Å²) in [5.74, 6) is 1.22. The van der Waals surface area contributed by atoms with Crippen molar-refractivity contribution in [1.82, 2.24) is 5.32 Å². The number of nitrogens with one attached hydrogen (secondary N) is 1. The highest BCUT2D eigenvalue weighted by atomic mass is 35.5. The summed E-state index contributed by atoms with van der Waals surface area (Å²) >= 11 is 5.48. The Kier molecular flexibility index (Phi) is 6.40. The molecular formula is C26H28ClNO2. The summed E-state index contributed by atoms with van der Waals surface area (Å²) < 4.78 is 5.56. The normalized spacial score (nSPS) is 20.8. The zero-order chi connectivity index (χ0) is 21.1. The molecule has 0 saturated heterocycles. The molecule has 0 radical (unpaired) electrons. The fourth-order valence-corrected chi connectivity index (χ4v) is 4.62. The van der Waals surface area contributed by atoms with Gasteiger partial charge in [0.2, 0.25) is 0 Å². The van der Waals surface area contributed by atoms with Crippen molar-refractivity contribution in [2.24, 2.45) is 0 Å². The SMILES string of the molecule is CC(Oc1ccc([C@@H]2CC[C@H](N[C@H](C)c3cccc4ccccc34)C2)cc1)C(=O)Cl. The molecule has 0 bridgehead atoms. The van der Waals surface area contributed by atoms with Crippen LogP contribution in [-0.2, 0) is 4.79 Å². The zero-order valence-electron chi connectivity index (χ0n) is 17.5. The molecule has 1 N–H and O–H groups in total. The first-order chi connectivity index (χ1) is 14.5. The number of benzene rings is 3. The highest BCUT2D eigenvalue weighted by molar-refractivity contribution is 6.64. The molecule has 0 aromatic heterocycles. The van der Waals surface area contributed by atoms with Crippen molar-refractivity contribution in [3.05, 3.63) is 77.9 Å². The van der Waals surface area contributed by atoms with Crippen LogP contribution < -0.4 is 10.1 Å². The highest BCUT2D eigenvalue weighted by Gasteiger charge is 2.27. The molecule has 0 heterocycles. The van der Waals surface area contributed by atoms with Crippen molar-refractivity contribution in [3.63, 3.8) is 0 Å². The summed E-state index contributed by atoms with van der Waals surface area (Å²) in [6, 6.07) is 24.1. The van der Waals surface area contributed by atoms with Gasteiger partial charge >= 0.3 is 0 Å². The molecule has 4 atom stereocenters. The standard InChI is InChI=1S/C26H28ClNO2/c1-17(24-9-5-7-20-6-3-4-8-25(20)24)28-22-13-10-21(16-22)19-11-14-23(15-12-19)30-18(2)26(27)29/h3-9,11-12,14-15,17-18,21-22,28H,10,13,16H2,1-2H3/t17-,18?,21-,22+/m1/s1. The minimum Gasteiger partial charge on any atom is -0.482 e. The van der Waals surface area contributed by atoms with Crippen molar-refractivity contribution < 1.29 is 9.53 Å². The molecule has 1 unspecified atom stereocenters. The van der Waals surface area contributed by atoms with Crippen LogP contribution in [0.3, 0.4) is 0 Å². The molecule has 1 aliphatic rings. The largest absolute Gasteiger partial charge is 0.482 e. The molecule has 3 aromatic rings. The average Bonchev–Trinajstić information content (AvgIpc) is 3.22. The fourth-order valence-electron chi connectivity index (χ4n) is 4.58. The number of hydrogen-bond donors (Lipinski definition) is 1. The van der Waals surface area contributed by atoms with Gasteiger partial charge in [0, 0.05) is 12.1 Å². The van der Waals surface area contributed by atoms with E-state index in [1.54, 1.807) is 6.92 Å². The number of carbonyl (C=O) groups excluding carboxylic acids is 1.